The zero-order valence-electron chi connectivity index (χ0n) is 16.0. The van der Waals surface area contributed by atoms with E-state index in [0.717, 1.165) is 22.5 Å². The Morgan fingerprint density at radius 1 is 1.10 bits per heavy atom. The van der Waals surface area contributed by atoms with E-state index in [1.54, 1.807) is 11.0 Å². The molecule has 1 saturated heterocycles. The van der Waals surface area contributed by atoms with E-state index < -0.39 is 17.3 Å². The summed E-state index contributed by atoms with van der Waals surface area (Å²) in [5.74, 6) is -0.00443. The van der Waals surface area contributed by atoms with E-state index in [9.17, 15) is 18.0 Å². The molecule has 0 bridgehead atoms. The van der Waals surface area contributed by atoms with Crippen LogP contribution in [-0.2, 0) is 17.4 Å². The number of aromatic amines is 1. The second-order valence-electron chi connectivity index (χ2n) is 7.24. The normalized spacial score (nSPS) is 14.7. The highest BCUT2D eigenvalue weighted by Gasteiger charge is 2.34. The monoisotopic (exact) mass is 412 g/mol. The summed E-state index contributed by atoms with van der Waals surface area (Å²) in [6.45, 7) is 1.73. The number of benzene rings is 2. The first-order chi connectivity index (χ1) is 14.4. The van der Waals surface area contributed by atoms with Crippen LogP contribution in [0.4, 0.5) is 18.9 Å². The fourth-order valence-electron chi connectivity index (χ4n) is 3.83. The molecule has 0 atom stereocenters. The fraction of sp³-hybridized carbons (Fsp3) is 0.273. The third-order valence-corrected chi connectivity index (χ3v) is 5.44. The molecule has 1 amide bonds. The number of aromatic nitrogens is 1. The van der Waals surface area contributed by atoms with Crippen LogP contribution in [0.1, 0.15) is 16.7 Å². The number of anilines is 1. The topological polar surface area (TPSA) is 63.1 Å². The molecular formula is C22H19F3N4O. The van der Waals surface area contributed by atoms with Gasteiger partial charge in [-0.3, -0.25) is 4.79 Å². The Morgan fingerprint density at radius 3 is 2.53 bits per heavy atom. The van der Waals surface area contributed by atoms with Crippen molar-refractivity contribution < 1.29 is 18.0 Å². The van der Waals surface area contributed by atoms with Crippen molar-refractivity contribution in [1.29, 1.82) is 5.26 Å². The van der Waals surface area contributed by atoms with Gasteiger partial charge in [-0.2, -0.15) is 18.4 Å². The molecule has 1 N–H and O–H groups in total. The van der Waals surface area contributed by atoms with E-state index in [2.05, 4.69) is 4.98 Å². The number of hydrogen-bond donors (Lipinski definition) is 1. The molecule has 0 saturated carbocycles. The molecule has 5 nitrogen and oxygen atoms in total. The fourth-order valence-corrected chi connectivity index (χ4v) is 3.83. The van der Waals surface area contributed by atoms with Crippen LogP contribution in [0.2, 0.25) is 0 Å². The predicted molar refractivity (Wildman–Crippen MR) is 107 cm³/mol. The number of para-hydroxylation sites is 1. The zero-order chi connectivity index (χ0) is 21.3. The Kier molecular flexibility index (Phi) is 5.12. The quantitative estimate of drug-likeness (QED) is 0.709. The number of nitrogens with zero attached hydrogens (tertiary/aromatic N) is 3. The lowest BCUT2D eigenvalue weighted by Gasteiger charge is -2.36. The van der Waals surface area contributed by atoms with E-state index >= 15 is 0 Å². The van der Waals surface area contributed by atoms with Gasteiger partial charge in [0.1, 0.15) is 0 Å². The lowest BCUT2D eigenvalue weighted by molar-refractivity contribution is -0.137. The molecule has 0 aliphatic carbocycles. The van der Waals surface area contributed by atoms with Gasteiger partial charge in [-0.1, -0.05) is 18.2 Å². The number of rotatable bonds is 3. The number of piperazine rings is 1. The molecule has 3 aromatic rings. The molecule has 0 radical (unpaired) electrons. The Morgan fingerprint density at radius 2 is 1.83 bits per heavy atom. The molecule has 30 heavy (non-hydrogen) atoms. The van der Waals surface area contributed by atoms with Gasteiger partial charge in [0, 0.05) is 49.0 Å². The zero-order valence-corrected chi connectivity index (χ0v) is 16.0. The number of H-pyrrole nitrogens is 1. The smallest absolute Gasteiger partial charge is 0.368 e. The summed E-state index contributed by atoms with van der Waals surface area (Å²) >= 11 is 0. The number of fused-ring (bicyclic) bond motifs is 1. The number of amides is 1. The summed E-state index contributed by atoms with van der Waals surface area (Å²) in [6, 6.07) is 13.1. The van der Waals surface area contributed by atoms with Gasteiger partial charge in [-0.15, -0.1) is 0 Å². The van der Waals surface area contributed by atoms with Gasteiger partial charge in [-0.25, -0.2) is 0 Å². The van der Waals surface area contributed by atoms with E-state index in [1.807, 2.05) is 35.4 Å². The van der Waals surface area contributed by atoms with E-state index in [0.29, 0.717) is 31.9 Å². The van der Waals surface area contributed by atoms with Gasteiger partial charge in [0.2, 0.25) is 5.91 Å². The minimum Gasteiger partial charge on any atom is -0.368 e. The first kappa shape index (κ1) is 19.8. The van der Waals surface area contributed by atoms with Crippen molar-refractivity contribution in [2.45, 2.75) is 12.6 Å². The lowest BCUT2D eigenvalue weighted by atomic mass is 10.1. The molecule has 2 aromatic carbocycles. The maximum atomic E-state index is 13.2. The van der Waals surface area contributed by atoms with Crippen LogP contribution in [0.5, 0.6) is 0 Å². The lowest BCUT2D eigenvalue weighted by Crippen LogP contribution is -2.49. The average Bonchev–Trinajstić information content (AvgIpc) is 3.15. The SMILES string of the molecule is N#Cc1ccc(N2CCN(C(=O)Cc3c[nH]c4ccccc34)CC2)cc1C(F)(F)F. The first-order valence-corrected chi connectivity index (χ1v) is 9.56. The van der Waals surface area contributed by atoms with Crippen LogP contribution < -0.4 is 4.90 Å². The molecule has 4 rings (SSSR count). The van der Waals surface area contributed by atoms with Crippen molar-refractivity contribution in [2.24, 2.45) is 0 Å². The van der Waals surface area contributed by atoms with Crippen LogP contribution in [0, 0.1) is 11.3 Å². The molecule has 1 aromatic heterocycles. The van der Waals surface area contributed by atoms with Gasteiger partial charge in [0.05, 0.1) is 23.6 Å². The number of carbonyl (C=O) groups excluding carboxylic acids is 1. The summed E-state index contributed by atoms with van der Waals surface area (Å²) in [4.78, 5) is 19.4. The van der Waals surface area contributed by atoms with Gasteiger partial charge >= 0.3 is 6.18 Å². The maximum absolute atomic E-state index is 13.2. The summed E-state index contributed by atoms with van der Waals surface area (Å²) < 4.78 is 39.7. The molecule has 8 heteroatoms. The average molecular weight is 412 g/mol. The van der Waals surface area contributed by atoms with E-state index in [-0.39, 0.29) is 12.3 Å². The Bertz CT molecular complexity index is 1120. The highest BCUT2D eigenvalue weighted by Crippen LogP contribution is 2.34. The minimum atomic E-state index is -4.59. The predicted octanol–water partition coefficient (Wildman–Crippen LogP) is 3.95. The van der Waals surface area contributed by atoms with Crippen LogP contribution in [0.15, 0.2) is 48.7 Å². The standard InChI is InChI=1S/C22H19F3N4O/c23-22(24,25)19-12-17(6-5-15(19)13-26)28-7-9-29(10-8-28)21(30)11-16-14-27-20-4-2-1-3-18(16)20/h1-6,12,14,27H,7-11H2. The van der Waals surface area contributed by atoms with Crippen molar-refractivity contribution in [3.8, 4) is 6.07 Å². The van der Waals surface area contributed by atoms with Crippen molar-refractivity contribution in [3.05, 3.63) is 65.4 Å². The molecule has 2 heterocycles. The van der Waals surface area contributed by atoms with E-state index in [4.69, 9.17) is 5.26 Å². The number of carbonyl (C=O) groups is 1. The van der Waals surface area contributed by atoms with Crippen LogP contribution >= 0.6 is 0 Å². The molecule has 1 aliphatic rings. The minimum absolute atomic E-state index is 0.00443. The van der Waals surface area contributed by atoms with E-state index in [1.165, 1.54) is 12.1 Å². The highest BCUT2D eigenvalue weighted by atomic mass is 19.4. The molecule has 0 unspecified atom stereocenters. The van der Waals surface area contributed by atoms with Crippen molar-refractivity contribution in [2.75, 3.05) is 31.1 Å². The Hall–Kier alpha value is -3.47. The summed E-state index contributed by atoms with van der Waals surface area (Å²) in [7, 11) is 0. The van der Waals surface area contributed by atoms with Gasteiger partial charge < -0.3 is 14.8 Å². The maximum Gasteiger partial charge on any atom is 0.417 e. The number of nitrogens with one attached hydrogen (secondary N) is 1. The largest absolute Gasteiger partial charge is 0.417 e. The molecular weight excluding hydrogens is 393 g/mol. The molecule has 0 spiro atoms. The number of hydrogen-bond acceptors (Lipinski definition) is 3. The molecule has 1 fully saturated rings. The van der Waals surface area contributed by atoms with Crippen LogP contribution in [0.25, 0.3) is 10.9 Å². The summed E-state index contributed by atoms with van der Waals surface area (Å²) in [5.41, 5.74) is 0.996. The van der Waals surface area contributed by atoms with Crippen LogP contribution in [-0.4, -0.2) is 42.0 Å². The Balaban J connectivity index is 1.43. The second kappa shape index (κ2) is 7.75. The Labute approximate surface area is 171 Å². The first-order valence-electron chi connectivity index (χ1n) is 9.56. The molecule has 154 valence electrons. The summed E-state index contributed by atoms with van der Waals surface area (Å²) in [5, 5.41) is 9.96. The number of alkyl halides is 3. The van der Waals surface area contributed by atoms with Crippen molar-refractivity contribution in [3.63, 3.8) is 0 Å². The van der Waals surface area contributed by atoms with Crippen molar-refractivity contribution in [1.82, 2.24) is 9.88 Å². The van der Waals surface area contributed by atoms with Gasteiger partial charge in [0.25, 0.3) is 0 Å². The third kappa shape index (κ3) is 3.83. The molecule has 1 aliphatic heterocycles. The number of nitriles is 1. The number of halogens is 3. The van der Waals surface area contributed by atoms with Crippen molar-refractivity contribution >= 4 is 22.5 Å². The van der Waals surface area contributed by atoms with Gasteiger partial charge in [-0.05, 0) is 29.8 Å². The second-order valence-corrected chi connectivity index (χ2v) is 7.24. The third-order valence-electron chi connectivity index (χ3n) is 5.44. The summed E-state index contributed by atoms with van der Waals surface area (Å²) in [6.07, 6.45) is -2.47. The van der Waals surface area contributed by atoms with Crippen LogP contribution in [0.3, 0.4) is 0 Å². The highest BCUT2D eigenvalue weighted by molar-refractivity contribution is 5.89. The van der Waals surface area contributed by atoms with Gasteiger partial charge in [0.15, 0.2) is 0 Å².